The lowest BCUT2D eigenvalue weighted by Crippen LogP contribution is -2.15. The van der Waals surface area contributed by atoms with Crippen LogP contribution in [0.2, 0.25) is 0 Å². The Morgan fingerprint density at radius 1 is 0.897 bits per heavy atom. The lowest BCUT2D eigenvalue weighted by molar-refractivity contribution is 0.102. The fraction of sp³-hybridized carbons (Fsp3) is 0.0909. The molecule has 0 radical (unpaired) electrons. The molecule has 2 aromatic heterocycles. The number of carbonyl (C=O) groups excluding carboxylic acids is 1. The van der Waals surface area contributed by atoms with E-state index in [9.17, 15) is 4.79 Å². The topological polar surface area (TPSA) is 92.9 Å². The number of aromatic nitrogens is 3. The van der Waals surface area contributed by atoms with Crippen LogP contribution >= 0.6 is 0 Å². The molecular weight excluding hydrogens is 366 g/mol. The van der Waals surface area contributed by atoms with Crippen LogP contribution in [-0.2, 0) is 0 Å². The van der Waals surface area contributed by atoms with Crippen LogP contribution in [-0.4, -0.2) is 21.0 Å². The predicted molar refractivity (Wildman–Crippen MR) is 111 cm³/mol. The number of amides is 1. The Balaban J connectivity index is 1.69. The maximum absolute atomic E-state index is 12.7. The van der Waals surface area contributed by atoms with Gasteiger partial charge < -0.3 is 15.2 Å². The first kappa shape index (κ1) is 18.4. The Morgan fingerprint density at radius 2 is 1.66 bits per heavy atom. The summed E-state index contributed by atoms with van der Waals surface area (Å²) in [7, 11) is 0. The van der Waals surface area contributed by atoms with E-state index in [0.717, 1.165) is 16.8 Å². The minimum atomic E-state index is -0.398. The average Bonchev–Trinajstić information content (AvgIpc) is 3.14. The summed E-state index contributed by atoms with van der Waals surface area (Å²) in [4.78, 5) is 21.8. The van der Waals surface area contributed by atoms with Gasteiger partial charge in [0, 0.05) is 23.4 Å². The van der Waals surface area contributed by atoms with Gasteiger partial charge in [-0.05, 0) is 26.0 Å². The largest absolute Gasteiger partial charge is 0.360 e. The van der Waals surface area contributed by atoms with Crippen molar-refractivity contribution in [1.82, 2.24) is 15.1 Å². The number of hydrogen-bond donors (Lipinski definition) is 2. The quantitative estimate of drug-likeness (QED) is 0.515. The molecule has 7 heteroatoms. The molecule has 2 N–H and O–H groups in total. The minimum absolute atomic E-state index is 0.217. The fourth-order valence-corrected chi connectivity index (χ4v) is 2.73. The second-order valence-corrected chi connectivity index (χ2v) is 6.60. The molecule has 4 aromatic rings. The number of rotatable bonds is 5. The summed E-state index contributed by atoms with van der Waals surface area (Å²) in [5, 5.41) is 9.73. The third kappa shape index (κ3) is 4.47. The van der Waals surface area contributed by atoms with E-state index >= 15 is 0 Å². The first-order chi connectivity index (χ1) is 14.1. The van der Waals surface area contributed by atoms with Crippen LogP contribution in [0.25, 0.3) is 11.4 Å². The maximum atomic E-state index is 12.7. The molecule has 2 aromatic carbocycles. The molecule has 29 heavy (non-hydrogen) atoms. The van der Waals surface area contributed by atoms with Crippen molar-refractivity contribution in [3.63, 3.8) is 0 Å². The van der Waals surface area contributed by atoms with Gasteiger partial charge in [0.05, 0.1) is 0 Å². The summed E-state index contributed by atoms with van der Waals surface area (Å²) in [5.41, 5.74) is 3.05. The number of nitrogens with zero attached hydrogens (tertiary/aromatic N) is 3. The van der Waals surface area contributed by atoms with Gasteiger partial charge >= 0.3 is 0 Å². The van der Waals surface area contributed by atoms with Crippen molar-refractivity contribution in [2.75, 3.05) is 10.6 Å². The van der Waals surface area contributed by atoms with E-state index in [2.05, 4.69) is 25.8 Å². The molecule has 7 nitrogen and oxygen atoms in total. The molecule has 0 aliphatic rings. The molecule has 0 bridgehead atoms. The fourth-order valence-electron chi connectivity index (χ4n) is 2.73. The van der Waals surface area contributed by atoms with Crippen molar-refractivity contribution in [2.24, 2.45) is 0 Å². The van der Waals surface area contributed by atoms with Crippen molar-refractivity contribution >= 4 is 23.2 Å². The van der Waals surface area contributed by atoms with Gasteiger partial charge in [0.2, 0.25) is 0 Å². The van der Waals surface area contributed by atoms with Crippen molar-refractivity contribution in [2.45, 2.75) is 13.8 Å². The third-order valence-corrected chi connectivity index (χ3v) is 4.18. The highest BCUT2D eigenvalue weighted by molar-refractivity contribution is 6.03. The molecule has 0 spiro atoms. The van der Waals surface area contributed by atoms with E-state index < -0.39 is 5.91 Å². The normalized spacial score (nSPS) is 10.6. The van der Waals surface area contributed by atoms with Crippen LogP contribution in [0, 0.1) is 13.8 Å². The van der Waals surface area contributed by atoms with Crippen LogP contribution in [0.3, 0.4) is 0 Å². The first-order valence-corrected chi connectivity index (χ1v) is 9.10. The zero-order chi connectivity index (χ0) is 20.2. The van der Waals surface area contributed by atoms with Gasteiger partial charge in [0.15, 0.2) is 11.6 Å². The maximum Gasteiger partial charge on any atom is 0.275 e. The molecule has 4 rings (SSSR count). The lowest BCUT2D eigenvalue weighted by Gasteiger charge is -2.10. The Bertz CT molecular complexity index is 1140. The van der Waals surface area contributed by atoms with E-state index in [1.165, 1.54) is 0 Å². The van der Waals surface area contributed by atoms with Gasteiger partial charge in [0.25, 0.3) is 5.91 Å². The van der Waals surface area contributed by atoms with Crippen LogP contribution in [0.15, 0.2) is 71.3 Å². The molecule has 0 saturated heterocycles. The van der Waals surface area contributed by atoms with Gasteiger partial charge in [-0.3, -0.25) is 4.79 Å². The van der Waals surface area contributed by atoms with E-state index in [1.54, 1.807) is 19.1 Å². The monoisotopic (exact) mass is 385 g/mol. The second-order valence-electron chi connectivity index (χ2n) is 6.60. The molecule has 0 fully saturated rings. The van der Waals surface area contributed by atoms with Gasteiger partial charge in [-0.1, -0.05) is 53.2 Å². The summed E-state index contributed by atoms with van der Waals surface area (Å²) in [6, 6.07) is 20.7. The van der Waals surface area contributed by atoms with Crippen molar-refractivity contribution in [3.8, 4) is 11.4 Å². The molecule has 0 saturated carbocycles. The first-order valence-electron chi connectivity index (χ1n) is 9.10. The van der Waals surface area contributed by atoms with Crippen LogP contribution < -0.4 is 10.6 Å². The summed E-state index contributed by atoms with van der Waals surface area (Å²) in [6.07, 6.45) is 0. The van der Waals surface area contributed by atoms with E-state index in [1.807, 2.05) is 61.5 Å². The average molecular weight is 385 g/mol. The highest BCUT2D eigenvalue weighted by atomic mass is 16.5. The molecule has 1 amide bonds. The highest BCUT2D eigenvalue weighted by Gasteiger charge is 2.15. The molecule has 144 valence electrons. The van der Waals surface area contributed by atoms with E-state index in [4.69, 9.17) is 4.52 Å². The highest BCUT2D eigenvalue weighted by Crippen LogP contribution is 2.21. The summed E-state index contributed by atoms with van der Waals surface area (Å²) in [5.74, 6) is 1.51. The van der Waals surface area contributed by atoms with E-state index in [-0.39, 0.29) is 5.69 Å². The van der Waals surface area contributed by atoms with E-state index in [0.29, 0.717) is 23.2 Å². The van der Waals surface area contributed by atoms with Crippen molar-refractivity contribution in [3.05, 3.63) is 83.7 Å². The molecule has 0 unspecified atom stereocenters. The number of aryl methyl sites for hydroxylation is 2. The smallest absolute Gasteiger partial charge is 0.275 e. The Morgan fingerprint density at radius 3 is 2.34 bits per heavy atom. The van der Waals surface area contributed by atoms with Crippen LogP contribution in [0.1, 0.15) is 21.8 Å². The number of benzene rings is 2. The van der Waals surface area contributed by atoms with Gasteiger partial charge in [-0.2, -0.15) is 0 Å². The Labute approximate surface area is 167 Å². The van der Waals surface area contributed by atoms with Gasteiger partial charge in [-0.25, -0.2) is 9.97 Å². The minimum Gasteiger partial charge on any atom is -0.360 e. The number of hydrogen-bond acceptors (Lipinski definition) is 6. The van der Waals surface area contributed by atoms with Crippen molar-refractivity contribution in [1.29, 1.82) is 0 Å². The second kappa shape index (κ2) is 7.93. The van der Waals surface area contributed by atoms with Gasteiger partial charge in [-0.15, -0.1) is 0 Å². The predicted octanol–water partition coefficient (Wildman–Crippen LogP) is 4.74. The zero-order valence-corrected chi connectivity index (χ0v) is 16.0. The molecule has 2 heterocycles. The van der Waals surface area contributed by atoms with Crippen molar-refractivity contribution < 1.29 is 9.32 Å². The molecule has 0 atom stereocenters. The lowest BCUT2D eigenvalue weighted by atomic mass is 10.2. The molecular formula is C22H19N5O2. The van der Waals surface area contributed by atoms with Gasteiger partial charge in [0.1, 0.15) is 17.3 Å². The number of anilines is 3. The zero-order valence-electron chi connectivity index (χ0n) is 16.0. The number of nitrogens with one attached hydrogen (secondary N) is 2. The summed E-state index contributed by atoms with van der Waals surface area (Å²) < 4.78 is 5.00. The summed E-state index contributed by atoms with van der Waals surface area (Å²) in [6.45, 7) is 3.78. The third-order valence-electron chi connectivity index (χ3n) is 4.18. The number of carbonyl (C=O) groups is 1. The molecule has 0 aliphatic carbocycles. The standard InChI is InChI=1S/C22H19N5O2/c1-14-8-10-17(11-9-14)23-19-13-18(22(28)26-20-12-15(2)29-27-20)24-21(25-19)16-6-4-3-5-7-16/h3-13H,1-2H3,(H,23,24,25)(H,26,27,28). The Hall–Kier alpha value is -4.00. The molecule has 0 aliphatic heterocycles. The van der Waals surface area contributed by atoms with Crippen LogP contribution in [0.5, 0.6) is 0 Å². The Kier molecular flexibility index (Phi) is 5.03. The SMILES string of the molecule is Cc1ccc(Nc2cc(C(=O)Nc3cc(C)on3)nc(-c3ccccc3)n2)cc1. The van der Waals surface area contributed by atoms with Crippen LogP contribution in [0.4, 0.5) is 17.3 Å². The summed E-state index contributed by atoms with van der Waals surface area (Å²) >= 11 is 0.